The number of benzene rings is 1. The number of guanidine groups is 1. The lowest BCUT2D eigenvalue weighted by Crippen LogP contribution is -2.40. The molecule has 0 bridgehead atoms. The lowest BCUT2D eigenvalue weighted by molar-refractivity contribution is 0.123. The van der Waals surface area contributed by atoms with Crippen LogP contribution in [-0.4, -0.2) is 50.3 Å². The monoisotopic (exact) mass is 353 g/mol. The average Bonchev–Trinajstić information content (AvgIpc) is 2.59. The first kappa shape index (κ1) is 20.6. The van der Waals surface area contributed by atoms with E-state index in [-0.39, 0.29) is 4.75 Å². The van der Waals surface area contributed by atoms with Crippen molar-refractivity contribution in [1.29, 1.82) is 0 Å². The summed E-state index contributed by atoms with van der Waals surface area (Å²) in [5, 5.41) is 6.57. The smallest absolute Gasteiger partial charge is 0.191 e. The van der Waals surface area contributed by atoms with Crippen molar-refractivity contribution in [3.8, 4) is 5.75 Å². The predicted octanol–water partition coefficient (Wildman–Crippen LogP) is 2.91. The number of aliphatic imine (C=N–C) groups is 1. The molecule has 0 aliphatic carbocycles. The number of thioether (sulfide) groups is 1. The van der Waals surface area contributed by atoms with Gasteiger partial charge in [-0.3, -0.25) is 4.99 Å². The van der Waals surface area contributed by atoms with Gasteiger partial charge in [0, 0.05) is 23.4 Å². The zero-order valence-electron chi connectivity index (χ0n) is 15.5. The van der Waals surface area contributed by atoms with Crippen molar-refractivity contribution in [1.82, 2.24) is 10.6 Å². The van der Waals surface area contributed by atoms with E-state index in [0.717, 1.165) is 30.4 Å². The maximum absolute atomic E-state index is 5.73. The molecule has 136 valence electrons. The van der Waals surface area contributed by atoms with E-state index in [1.807, 2.05) is 36.0 Å². The molecule has 0 aliphatic heterocycles. The number of para-hydroxylation sites is 1. The van der Waals surface area contributed by atoms with E-state index in [1.54, 1.807) is 7.11 Å². The molecule has 0 unspecified atom stereocenters. The molecule has 1 aromatic rings. The molecule has 1 aromatic carbocycles. The molecule has 0 atom stereocenters. The number of hydrogen-bond acceptors (Lipinski definition) is 4. The van der Waals surface area contributed by atoms with E-state index in [9.17, 15) is 0 Å². The van der Waals surface area contributed by atoms with Gasteiger partial charge in [-0.2, -0.15) is 11.8 Å². The molecule has 0 radical (unpaired) electrons. The van der Waals surface area contributed by atoms with Gasteiger partial charge in [0.25, 0.3) is 0 Å². The molecule has 0 aliphatic rings. The van der Waals surface area contributed by atoms with Gasteiger partial charge in [0.05, 0.1) is 26.9 Å². The molecule has 0 spiro atoms. The van der Waals surface area contributed by atoms with Crippen LogP contribution in [0.2, 0.25) is 0 Å². The van der Waals surface area contributed by atoms with Crippen molar-refractivity contribution in [2.45, 2.75) is 32.1 Å². The second-order valence-electron chi connectivity index (χ2n) is 5.95. The Labute approximate surface area is 150 Å². The third-order valence-corrected chi connectivity index (χ3v) is 4.74. The molecule has 5 nitrogen and oxygen atoms in total. The van der Waals surface area contributed by atoms with Crippen LogP contribution in [0.1, 0.15) is 26.3 Å². The fourth-order valence-electron chi connectivity index (χ4n) is 1.92. The summed E-state index contributed by atoms with van der Waals surface area (Å²) in [5.41, 5.74) is 1.06. The molecule has 6 heteroatoms. The summed E-state index contributed by atoms with van der Waals surface area (Å²) in [6.07, 6.45) is 2.11. The Morgan fingerprint density at radius 1 is 1.25 bits per heavy atom. The minimum Gasteiger partial charge on any atom is -0.496 e. The van der Waals surface area contributed by atoms with Crippen LogP contribution in [-0.2, 0) is 11.3 Å². The SMILES string of the molecule is CCNC(=NCC(C)(C)SC)NCCOCc1ccccc1OC. The van der Waals surface area contributed by atoms with Crippen molar-refractivity contribution >= 4 is 17.7 Å². The molecular weight excluding hydrogens is 322 g/mol. The van der Waals surface area contributed by atoms with E-state index in [2.05, 4.69) is 42.7 Å². The number of rotatable bonds is 10. The van der Waals surface area contributed by atoms with Gasteiger partial charge >= 0.3 is 0 Å². The fraction of sp³-hybridized carbons (Fsp3) is 0.611. The molecule has 0 saturated carbocycles. The van der Waals surface area contributed by atoms with Crippen molar-refractivity contribution < 1.29 is 9.47 Å². The van der Waals surface area contributed by atoms with Crippen molar-refractivity contribution in [3.63, 3.8) is 0 Å². The number of nitrogens with zero attached hydrogens (tertiary/aromatic N) is 1. The summed E-state index contributed by atoms with van der Waals surface area (Å²) in [6.45, 7) is 9.92. The van der Waals surface area contributed by atoms with Crippen LogP contribution in [0, 0.1) is 0 Å². The summed E-state index contributed by atoms with van der Waals surface area (Å²) >= 11 is 1.82. The maximum Gasteiger partial charge on any atom is 0.191 e. The first-order valence-corrected chi connectivity index (χ1v) is 9.52. The largest absolute Gasteiger partial charge is 0.496 e. The Balaban J connectivity index is 2.36. The van der Waals surface area contributed by atoms with Crippen LogP contribution in [0.25, 0.3) is 0 Å². The molecule has 2 N–H and O–H groups in total. The van der Waals surface area contributed by atoms with Crippen molar-refractivity contribution in [2.75, 3.05) is 39.6 Å². The van der Waals surface area contributed by atoms with Crippen LogP contribution >= 0.6 is 11.8 Å². The highest BCUT2D eigenvalue weighted by molar-refractivity contribution is 7.99. The highest BCUT2D eigenvalue weighted by Crippen LogP contribution is 2.21. The van der Waals surface area contributed by atoms with Gasteiger partial charge in [-0.05, 0) is 33.1 Å². The summed E-state index contributed by atoms with van der Waals surface area (Å²) in [4.78, 5) is 4.64. The number of methoxy groups -OCH3 is 1. The molecule has 1 rings (SSSR count). The minimum absolute atomic E-state index is 0.142. The lowest BCUT2D eigenvalue weighted by atomic mass is 10.2. The van der Waals surface area contributed by atoms with E-state index in [1.165, 1.54) is 0 Å². The highest BCUT2D eigenvalue weighted by atomic mass is 32.2. The van der Waals surface area contributed by atoms with E-state index in [0.29, 0.717) is 19.8 Å². The van der Waals surface area contributed by atoms with Gasteiger partial charge in [0.15, 0.2) is 5.96 Å². The molecule has 0 heterocycles. The van der Waals surface area contributed by atoms with Gasteiger partial charge in [0.2, 0.25) is 0 Å². The predicted molar refractivity (Wildman–Crippen MR) is 104 cm³/mol. The topological polar surface area (TPSA) is 54.9 Å². The summed E-state index contributed by atoms with van der Waals surface area (Å²) in [7, 11) is 1.68. The zero-order valence-corrected chi connectivity index (χ0v) is 16.3. The fourth-order valence-corrected chi connectivity index (χ4v) is 2.12. The van der Waals surface area contributed by atoms with Crippen molar-refractivity contribution in [2.24, 2.45) is 4.99 Å². The van der Waals surface area contributed by atoms with Crippen LogP contribution in [0.4, 0.5) is 0 Å². The third kappa shape index (κ3) is 7.93. The van der Waals surface area contributed by atoms with Crippen molar-refractivity contribution in [3.05, 3.63) is 29.8 Å². The summed E-state index contributed by atoms with van der Waals surface area (Å²) in [6, 6.07) is 7.91. The standard InChI is InChI=1S/C18H31N3O2S/c1-6-19-17(21-14-18(2,3)24-5)20-11-12-23-13-15-9-7-8-10-16(15)22-4/h7-10H,6,11-14H2,1-5H3,(H2,19,20,21). The molecule has 0 amide bonds. The zero-order chi connectivity index (χ0) is 17.8. The first-order valence-electron chi connectivity index (χ1n) is 8.29. The van der Waals surface area contributed by atoms with Gasteiger partial charge in [-0.1, -0.05) is 18.2 Å². The first-order chi connectivity index (χ1) is 11.5. The maximum atomic E-state index is 5.73. The van der Waals surface area contributed by atoms with E-state index < -0.39 is 0 Å². The highest BCUT2D eigenvalue weighted by Gasteiger charge is 2.15. The number of nitrogens with one attached hydrogen (secondary N) is 2. The Hall–Kier alpha value is -1.40. The Morgan fingerprint density at radius 3 is 2.67 bits per heavy atom. The average molecular weight is 354 g/mol. The van der Waals surface area contributed by atoms with Gasteiger partial charge in [-0.25, -0.2) is 0 Å². The normalized spacial score (nSPS) is 12.1. The quantitative estimate of drug-likeness (QED) is 0.385. The Kier molecular flexibility index (Phi) is 9.64. The van der Waals surface area contributed by atoms with Crippen LogP contribution in [0.3, 0.4) is 0 Å². The summed E-state index contributed by atoms with van der Waals surface area (Å²) in [5.74, 6) is 1.69. The van der Waals surface area contributed by atoms with E-state index in [4.69, 9.17) is 9.47 Å². The van der Waals surface area contributed by atoms with Crippen LogP contribution < -0.4 is 15.4 Å². The Morgan fingerprint density at radius 2 is 2.00 bits per heavy atom. The second kappa shape index (κ2) is 11.2. The molecular formula is C18H31N3O2S. The van der Waals surface area contributed by atoms with Crippen LogP contribution in [0.5, 0.6) is 5.75 Å². The number of hydrogen-bond donors (Lipinski definition) is 2. The molecule has 0 fully saturated rings. The van der Waals surface area contributed by atoms with Gasteiger partial charge < -0.3 is 20.1 Å². The van der Waals surface area contributed by atoms with Crippen LogP contribution in [0.15, 0.2) is 29.3 Å². The third-order valence-electron chi connectivity index (χ3n) is 3.50. The molecule has 0 aromatic heterocycles. The van der Waals surface area contributed by atoms with E-state index >= 15 is 0 Å². The number of ether oxygens (including phenoxy) is 2. The summed E-state index contributed by atoms with van der Waals surface area (Å²) < 4.78 is 11.2. The molecule has 0 saturated heterocycles. The van der Waals surface area contributed by atoms with Gasteiger partial charge in [-0.15, -0.1) is 0 Å². The molecule has 24 heavy (non-hydrogen) atoms. The lowest BCUT2D eigenvalue weighted by Gasteiger charge is -2.20. The van der Waals surface area contributed by atoms with Gasteiger partial charge in [0.1, 0.15) is 5.75 Å². The second-order valence-corrected chi connectivity index (χ2v) is 7.46. The minimum atomic E-state index is 0.142. The Bertz CT molecular complexity index is 507.